The molecule has 0 aliphatic heterocycles. The van der Waals surface area contributed by atoms with E-state index < -0.39 is 11.7 Å². The summed E-state index contributed by atoms with van der Waals surface area (Å²) >= 11 is 0. The Morgan fingerprint density at radius 3 is 2.52 bits per heavy atom. The van der Waals surface area contributed by atoms with Gasteiger partial charge in [0.1, 0.15) is 11.6 Å². The molecule has 0 saturated heterocycles. The number of para-hydroxylation sites is 1. The van der Waals surface area contributed by atoms with E-state index in [1.165, 1.54) is 0 Å². The van der Waals surface area contributed by atoms with Crippen molar-refractivity contribution in [2.24, 2.45) is 0 Å². The highest BCUT2D eigenvalue weighted by Crippen LogP contribution is 2.39. The van der Waals surface area contributed by atoms with Crippen molar-refractivity contribution < 1.29 is 17.9 Å². The van der Waals surface area contributed by atoms with E-state index in [4.69, 9.17) is 10.5 Å². The fraction of sp³-hybridized carbons (Fsp3) is 0.267. The third-order valence-electron chi connectivity index (χ3n) is 2.83. The number of aromatic nitrogens is 1. The van der Waals surface area contributed by atoms with Crippen molar-refractivity contribution in [2.45, 2.75) is 19.5 Å². The van der Waals surface area contributed by atoms with Gasteiger partial charge in [0.15, 0.2) is 0 Å². The van der Waals surface area contributed by atoms with Crippen LogP contribution in [0.2, 0.25) is 0 Å². The van der Waals surface area contributed by atoms with Gasteiger partial charge in [-0.05, 0) is 30.7 Å². The molecule has 112 valence electrons. The molecule has 2 aromatic rings. The van der Waals surface area contributed by atoms with Crippen molar-refractivity contribution >= 4 is 5.82 Å². The monoisotopic (exact) mass is 296 g/mol. The molecule has 0 radical (unpaired) electrons. The Bertz CT molecular complexity index is 627. The summed E-state index contributed by atoms with van der Waals surface area (Å²) in [5.41, 5.74) is 4.78. The minimum atomic E-state index is -4.51. The summed E-state index contributed by atoms with van der Waals surface area (Å²) in [6, 6.07) is 8.58. The second-order valence-corrected chi connectivity index (χ2v) is 4.47. The molecule has 0 amide bonds. The summed E-state index contributed by atoms with van der Waals surface area (Å²) in [5.74, 6) is 0.395. The van der Waals surface area contributed by atoms with Gasteiger partial charge in [-0.1, -0.05) is 19.1 Å². The van der Waals surface area contributed by atoms with E-state index in [9.17, 15) is 13.2 Å². The molecule has 0 saturated carbocycles. The van der Waals surface area contributed by atoms with E-state index in [0.717, 1.165) is 18.6 Å². The summed E-state index contributed by atoms with van der Waals surface area (Å²) in [6.07, 6.45) is -3.75. The van der Waals surface area contributed by atoms with Crippen molar-refractivity contribution in [1.82, 2.24) is 4.98 Å². The number of nitrogens with zero attached hydrogens (tertiary/aromatic N) is 1. The van der Waals surface area contributed by atoms with E-state index in [2.05, 4.69) is 4.98 Å². The first-order valence-corrected chi connectivity index (χ1v) is 6.49. The number of hydrogen-bond donors (Lipinski definition) is 1. The SMILES string of the molecule is CCCOc1ccccc1-c1nc(N)ccc1C(F)(F)F. The predicted molar refractivity (Wildman–Crippen MR) is 74.9 cm³/mol. The molecule has 0 aliphatic carbocycles. The zero-order valence-corrected chi connectivity index (χ0v) is 11.4. The Kier molecular flexibility index (Phi) is 4.35. The first kappa shape index (κ1) is 15.2. The van der Waals surface area contributed by atoms with Crippen LogP contribution in [-0.2, 0) is 6.18 Å². The zero-order valence-electron chi connectivity index (χ0n) is 11.4. The third-order valence-corrected chi connectivity index (χ3v) is 2.83. The Hall–Kier alpha value is -2.24. The van der Waals surface area contributed by atoms with Crippen molar-refractivity contribution in [2.75, 3.05) is 12.3 Å². The smallest absolute Gasteiger partial charge is 0.418 e. The van der Waals surface area contributed by atoms with Gasteiger partial charge in [0.2, 0.25) is 0 Å². The molecule has 0 aliphatic rings. The van der Waals surface area contributed by atoms with Crippen LogP contribution >= 0.6 is 0 Å². The van der Waals surface area contributed by atoms with E-state index >= 15 is 0 Å². The lowest BCUT2D eigenvalue weighted by molar-refractivity contribution is -0.137. The fourth-order valence-corrected chi connectivity index (χ4v) is 1.91. The minimum Gasteiger partial charge on any atom is -0.493 e. The maximum absolute atomic E-state index is 13.1. The number of rotatable bonds is 4. The quantitative estimate of drug-likeness (QED) is 0.922. The summed E-state index contributed by atoms with van der Waals surface area (Å²) < 4.78 is 44.9. The molecule has 0 spiro atoms. The van der Waals surface area contributed by atoms with Crippen LogP contribution in [0.4, 0.5) is 19.0 Å². The average molecular weight is 296 g/mol. The molecular formula is C15H15F3N2O. The van der Waals surface area contributed by atoms with Gasteiger partial charge in [0.05, 0.1) is 17.9 Å². The Morgan fingerprint density at radius 2 is 1.86 bits per heavy atom. The molecular weight excluding hydrogens is 281 g/mol. The van der Waals surface area contributed by atoms with Crippen molar-refractivity contribution in [3.63, 3.8) is 0 Å². The number of benzene rings is 1. The summed E-state index contributed by atoms with van der Waals surface area (Å²) in [7, 11) is 0. The number of anilines is 1. The van der Waals surface area contributed by atoms with Crippen LogP contribution in [0, 0.1) is 0 Å². The van der Waals surface area contributed by atoms with Crippen LogP contribution in [0.3, 0.4) is 0 Å². The summed E-state index contributed by atoms with van der Waals surface area (Å²) in [4.78, 5) is 3.86. The van der Waals surface area contributed by atoms with Gasteiger partial charge in [-0.3, -0.25) is 0 Å². The van der Waals surface area contributed by atoms with Gasteiger partial charge in [-0.15, -0.1) is 0 Å². The van der Waals surface area contributed by atoms with Gasteiger partial charge in [-0.2, -0.15) is 13.2 Å². The first-order chi connectivity index (χ1) is 9.93. The van der Waals surface area contributed by atoms with Gasteiger partial charge in [0.25, 0.3) is 0 Å². The fourth-order valence-electron chi connectivity index (χ4n) is 1.91. The van der Waals surface area contributed by atoms with Crippen molar-refractivity contribution in [3.05, 3.63) is 42.0 Å². The molecule has 0 unspecified atom stereocenters. The van der Waals surface area contributed by atoms with Crippen LogP contribution in [0.1, 0.15) is 18.9 Å². The van der Waals surface area contributed by atoms with E-state index in [1.54, 1.807) is 24.3 Å². The van der Waals surface area contributed by atoms with Gasteiger partial charge >= 0.3 is 6.18 Å². The lowest BCUT2D eigenvalue weighted by Crippen LogP contribution is -2.10. The molecule has 0 fully saturated rings. The minimum absolute atomic E-state index is 0.0308. The molecule has 2 N–H and O–H groups in total. The van der Waals surface area contributed by atoms with E-state index in [1.807, 2.05) is 6.92 Å². The van der Waals surface area contributed by atoms with Crippen LogP contribution in [-0.4, -0.2) is 11.6 Å². The number of hydrogen-bond acceptors (Lipinski definition) is 3. The largest absolute Gasteiger partial charge is 0.493 e. The normalized spacial score (nSPS) is 11.4. The second-order valence-electron chi connectivity index (χ2n) is 4.47. The standard InChI is InChI=1S/C15H15F3N2O/c1-2-9-21-12-6-4-3-5-10(12)14-11(15(16,17)18)7-8-13(19)20-14/h3-8H,2,9H2,1H3,(H2,19,20). The zero-order chi connectivity index (χ0) is 15.5. The molecule has 3 nitrogen and oxygen atoms in total. The number of alkyl halides is 3. The summed E-state index contributed by atoms with van der Waals surface area (Å²) in [5, 5.41) is 0. The maximum atomic E-state index is 13.1. The Balaban J connectivity index is 2.58. The molecule has 1 aromatic carbocycles. The summed E-state index contributed by atoms with van der Waals surface area (Å²) in [6.45, 7) is 2.34. The Labute approximate surface area is 120 Å². The van der Waals surface area contributed by atoms with Crippen LogP contribution in [0.15, 0.2) is 36.4 Å². The molecule has 0 bridgehead atoms. The molecule has 2 rings (SSSR count). The third kappa shape index (κ3) is 3.45. The number of halogens is 3. The molecule has 1 heterocycles. The highest BCUT2D eigenvalue weighted by molar-refractivity contribution is 5.71. The highest BCUT2D eigenvalue weighted by atomic mass is 19.4. The van der Waals surface area contributed by atoms with Gasteiger partial charge in [-0.25, -0.2) is 4.98 Å². The number of pyridine rings is 1. The highest BCUT2D eigenvalue weighted by Gasteiger charge is 2.35. The van der Waals surface area contributed by atoms with Crippen LogP contribution < -0.4 is 10.5 Å². The molecule has 21 heavy (non-hydrogen) atoms. The second kappa shape index (κ2) is 6.03. The van der Waals surface area contributed by atoms with Gasteiger partial charge < -0.3 is 10.5 Å². The predicted octanol–water partition coefficient (Wildman–Crippen LogP) is 4.14. The average Bonchev–Trinajstić information content (AvgIpc) is 2.44. The topological polar surface area (TPSA) is 48.1 Å². The maximum Gasteiger partial charge on any atom is 0.418 e. The van der Waals surface area contributed by atoms with Crippen molar-refractivity contribution in [3.8, 4) is 17.0 Å². The van der Waals surface area contributed by atoms with Crippen LogP contribution in [0.5, 0.6) is 5.75 Å². The van der Waals surface area contributed by atoms with Crippen molar-refractivity contribution in [1.29, 1.82) is 0 Å². The van der Waals surface area contributed by atoms with Crippen LogP contribution in [0.25, 0.3) is 11.3 Å². The Morgan fingerprint density at radius 1 is 1.14 bits per heavy atom. The van der Waals surface area contributed by atoms with E-state index in [0.29, 0.717) is 12.4 Å². The molecule has 6 heteroatoms. The molecule has 1 aromatic heterocycles. The number of nitrogen functional groups attached to an aromatic ring is 1. The number of nitrogens with two attached hydrogens (primary N) is 1. The molecule has 0 atom stereocenters. The number of ether oxygens (including phenoxy) is 1. The lowest BCUT2D eigenvalue weighted by atomic mass is 10.0. The first-order valence-electron chi connectivity index (χ1n) is 6.49. The van der Waals surface area contributed by atoms with E-state index in [-0.39, 0.29) is 17.1 Å². The lowest BCUT2D eigenvalue weighted by Gasteiger charge is -2.15. The van der Waals surface area contributed by atoms with Gasteiger partial charge in [0, 0.05) is 5.56 Å².